The maximum atomic E-state index is 14.9. The van der Waals surface area contributed by atoms with E-state index in [1.54, 1.807) is 24.3 Å². The molecular weight excluding hydrogens is 556 g/mol. The van der Waals surface area contributed by atoms with Crippen LogP contribution in [0.25, 0.3) is 20.8 Å². The first kappa shape index (κ1) is 28.3. The highest BCUT2D eigenvalue weighted by Crippen LogP contribution is 2.39. The van der Waals surface area contributed by atoms with Gasteiger partial charge in [0.1, 0.15) is 5.75 Å². The van der Waals surface area contributed by atoms with Gasteiger partial charge in [0.15, 0.2) is 11.6 Å². The van der Waals surface area contributed by atoms with Crippen molar-refractivity contribution in [1.82, 2.24) is 20.2 Å². The first-order chi connectivity index (χ1) is 19.8. The number of urea groups is 1. The van der Waals surface area contributed by atoms with E-state index in [1.165, 1.54) is 36.6 Å². The van der Waals surface area contributed by atoms with Gasteiger partial charge in [-0.2, -0.15) is 4.39 Å². The van der Waals surface area contributed by atoms with E-state index in [0.29, 0.717) is 54.6 Å². The molecule has 41 heavy (non-hydrogen) atoms. The van der Waals surface area contributed by atoms with Crippen LogP contribution in [0.5, 0.6) is 11.5 Å². The number of hydrogen-bond donors (Lipinski definition) is 2. The molecule has 4 aromatic rings. The van der Waals surface area contributed by atoms with Crippen LogP contribution in [0.15, 0.2) is 48.8 Å². The Hall–Kier alpha value is -4.20. The van der Waals surface area contributed by atoms with Crippen LogP contribution in [0, 0.1) is 11.6 Å². The lowest BCUT2D eigenvalue weighted by molar-refractivity contribution is -0.130. The molecule has 0 unspecified atom stereocenters. The Balaban J connectivity index is 1.31. The van der Waals surface area contributed by atoms with E-state index in [1.807, 2.05) is 18.2 Å². The fourth-order valence-electron chi connectivity index (χ4n) is 4.04. The summed E-state index contributed by atoms with van der Waals surface area (Å²) in [7, 11) is 1.59. The summed E-state index contributed by atoms with van der Waals surface area (Å²) in [6.45, 7) is 3.59. The summed E-state index contributed by atoms with van der Waals surface area (Å²) in [5, 5.41) is 4.90. The van der Waals surface area contributed by atoms with Crippen LogP contribution >= 0.6 is 11.3 Å². The van der Waals surface area contributed by atoms with E-state index in [2.05, 4.69) is 20.6 Å². The third-order valence-corrected chi connectivity index (χ3v) is 7.49. The fourth-order valence-corrected chi connectivity index (χ4v) is 5.09. The molecule has 1 aliphatic rings. The predicted molar refractivity (Wildman–Crippen MR) is 149 cm³/mol. The van der Waals surface area contributed by atoms with Crippen LogP contribution < -0.4 is 15.4 Å². The molecule has 5 rings (SSSR count). The van der Waals surface area contributed by atoms with Gasteiger partial charge in [-0.15, -0.1) is 11.3 Å². The van der Waals surface area contributed by atoms with Gasteiger partial charge in [-0.1, -0.05) is 6.07 Å². The van der Waals surface area contributed by atoms with Gasteiger partial charge in [-0.05, 0) is 29.8 Å². The van der Waals surface area contributed by atoms with E-state index in [4.69, 9.17) is 14.2 Å². The van der Waals surface area contributed by atoms with Crippen LogP contribution in [0.1, 0.15) is 12.5 Å². The summed E-state index contributed by atoms with van der Waals surface area (Å²) in [5.41, 5.74) is 1.85. The minimum Gasteiger partial charge on any atom is -0.453 e. The summed E-state index contributed by atoms with van der Waals surface area (Å²) in [5.74, 6) is -2.58. The number of thiophene rings is 1. The smallest absolute Gasteiger partial charge is 0.319 e. The molecule has 10 nitrogen and oxygen atoms in total. The molecule has 2 N–H and O–H groups in total. The molecule has 3 aromatic heterocycles. The van der Waals surface area contributed by atoms with E-state index in [-0.39, 0.29) is 23.4 Å². The molecule has 0 bridgehead atoms. The Morgan fingerprint density at radius 2 is 1.95 bits per heavy atom. The van der Waals surface area contributed by atoms with Crippen molar-refractivity contribution in [3.05, 3.63) is 66.0 Å². The van der Waals surface area contributed by atoms with Crippen LogP contribution in [0.4, 0.5) is 19.3 Å². The van der Waals surface area contributed by atoms with Crippen molar-refractivity contribution in [2.45, 2.75) is 19.5 Å². The van der Waals surface area contributed by atoms with Crippen molar-refractivity contribution in [3.63, 3.8) is 0 Å². The van der Waals surface area contributed by atoms with Gasteiger partial charge < -0.3 is 29.7 Å². The number of anilines is 1. The standard InChI is InChI=1S/C28H27F2N5O5S/c1-16(36)35(9-10-38-2)13-17-3-4-19(32-12-17)24-11-21-27(41-24)23(7-8-31-21)40-22-6-5-20(25(29)26(22)30)34-28(37)33-18-14-39-15-18/h3-8,11-12,18H,9-10,13-15H2,1-2H3,(H2,33,34,37). The maximum Gasteiger partial charge on any atom is 0.319 e. The Labute approximate surface area is 238 Å². The molecule has 1 fully saturated rings. The molecule has 0 atom stereocenters. The molecule has 1 saturated heterocycles. The monoisotopic (exact) mass is 583 g/mol. The predicted octanol–water partition coefficient (Wildman–Crippen LogP) is 4.94. The number of aromatic nitrogens is 2. The Bertz CT molecular complexity index is 1560. The third-order valence-electron chi connectivity index (χ3n) is 6.33. The molecule has 0 spiro atoms. The number of halogens is 2. The number of methoxy groups -OCH3 is 1. The second-order valence-corrected chi connectivity index (χ2v) is 10.3. The number of pyridine rings is 2. The zero-order valence-corrected chi connectivity index (χ0v) is 23.1. The molecule has 0 radical (unpaired) electrons. The number of carbonyl (C=O) groups excluding carboxylic acids is 2. The summed E-state index contributed by atoms with van der Waals surface area (Å²) >= 11 is 1.34. The average Bonchev–Trinajstić information content (AvgIpc) is 3.38. The number of carbonyl (C=O) groups is 2. The molecule has 3 amide bonds. The van der Waals surface area contributed by atoms with Gasteiger partial charge in [0.05, 0.1) is 52.3 Å². The van der Waals surface area contributed by atoms with Crippen LogP contribution in [-0.4, -0.2) is 66.3 Å². The lowest BCUT2D eigenvalue weighted by Gasteiger charge is -2.26. The molecule has 0 aliphatic carbocycles. The number of amides is 3. The number of hydrogen-bond acceptors (Lipinski definition) is 8. The molecule has 4 heterocycles. The van der Waals surface area contributed by atoms with Crippen molar-refractivity contribution < 1.29 is 32.6 Å². The largest absolute Gasteiger partial charge is 0.453 e. The van der Waals surface area contributed by atoms with Crippen LogP contribution in [0.3, 0.4) is 0 Å². The zero-order chi connectivity index (χ0) is 28.9. The first-order valence-corrected chi connectivity index (χ1v) is 13.5. The Morgan fingerprint density at radius 3 is 2.63 bits per heavy atom. The first-order valence-electron chi connectivity index (χ1n) is 12.7. The highest BCUT2D eigenvalue weighted by atomic mass is 32.1. The van der Waals surface area contributed by atoms with E-state index in [0.717, 1.165) is 10.4 Å². The molecule has 0 saturated carbocycles. The number of benzene rings is 1. The van der Waals surface area contributed by atoms with Crippen LogP contribution in [0.2, 0.25) is 0 Å². The topological polar surface area (TPSA) is 115 Å². The van der Waals surface area contributed by atoms with Gasteiger partial charge in [0.25, 0.3) is 0 Å². The average molecular weight is 584 g/mol. The second-order valence-electron chi connectivity index (χ2n) is 9.29. The molecule has 214 valence electrons. The van der Waals surface area contributed by atoms with E-state index in [9.17, 15) is 18.4 Å². The number of fused-ring (bicyclic) bond motifs is 1. The van der Waals surface area contributed by atoms with Crippen molar-refractivity contribution in [3.8, 4) is 22.1 Å². The molecule has 13 heteroatoms. The van der Waals surface area contributed by atoms with Gasteiger partial charge in [0.2, 0.25) is 11.7 Å². The van der Waals surface area contributed by atoms with Gasteiger partial charge in [-0.25, -0.2) is 9.18 Å². The van der Waals surface area contributed by atoms with E-state index < -0.39 is 17.7 Å². The third kappa shape index (κ3) is 6.59. The van der Waals surface area contributed by atoms with Crippen LogP contribution in [-0.2, 0) is 20.8 Å². The maximum absolute atomic E-state index is 14.9. The normalized spacial score (nSPS) is 13.1. The molecule has 1 aromatic carbocycles. The Morgan fingerprint density at radius 1 is 1.12 bits per heavy atom. The number of nitrogens with zero attached hydrogens (tertiary/aromatic N) is 3. The SMILES string of the molecule is COCCN(Cc1ccc(-c2cc3nccc(Oc4ccc(NC(=O)NC5COC5)c(F)c4F)c3s2)nc1)C(C)=O. The Kier molecular flexibility index (Phi) is 8.67. The highest BCUT2D eigenvalue weighted by Gasteiger charge is 2.23. The van der Waals surface area contributed by atoms with Crippen molar-refractivity contribution in [1.29, 1.82) is 0 Å². The van der Waals surface area contributed by atoms with Crippen molar-refractivity contribution in [2.75, 3.05) is 38.8 Å². The second kappa shape index (κ2) is 12.5. The fraction of sp³-hybridized carbons (Fsp3) is 0.286. The summed E-state index contributed by atoms with van der Waals surface area (Å²) in [6, 6.07) is 8.81. The number of rotatable bonds is 10. The lowest BCUT2D eigenvalue weighted by Crippen LogP contribution is -2.50. The van der Waals surface area contributed by atoms with Crippen molar-refractivity contribution >= 4 is 39.2 Å². The number of ether oxygens (including phenoxy) is 3. The van der Waals surface area contributed by atoms with Crippen molar-refractivity contribution in [2.24, 2.45) is 0 Å². The van der Waals surface area contributed by atoms with Gasteiger partial charge in [-0.3, -0.25) is 14.8 Å². The summed E-state index contributed by atoms with van der Waals surface area (Å²) < 4.78 is 46.1. The minimum atomic E-state index is -1.24. The minimum absolute atomic E-state index is 0.0542. The molecule has 1 aliphatic heterocycles. The summed E-state index contributed by atoms with van der Waals surface area (Å²) in [4.78, 5) is 35.3. The quantitative estimate of drug-likeness (QED) is 0.272. The van der Waals surface area contributed by atoms with Gasteiger partial charge in [0, 0.05) is 45.6 Å². The number of nitrogens with one attached hydrogen (secondary N) is 2. The zero-order valence-electron chi connectivity index (χ0n) is 22.3. The summed E-state index contributed by atoms with van der Waals surface area (Å²) in [6.07, 6.45) is 3.22. The molecular formula is C28H27F2N5O5S. The highest BCUT2D eigenvalue weighted by molar-refractivity contribution is 7.22. The lowest BCUT2D eigenvalue weighted by atomic mass is 10.2. The van der Waals surface area contributed by atoms with Gasteiger partial charge >= 0.3 is 6.03 Å². The van der Waals surface area contributed by atoms with E-state index >= 15 is 0 Å².